The topological polar surface area (TPSA) is 95.0 Å². The van der Waals surface area contributed by atoms with Crippen molar-refractivity contribution in [3.63, 3.8) is 0 Å². The number of carbonyl (C=O) groups excluding carboxylic acids is 1. The first-order valence-corrected chi connectivity index (χ1v) is 9.75. The average Bonchev–Trinajstić information content (AvgIpc) is 2.97. The van der Waals surface area contributed by atoms with Crippen molar-refractivity contribution in [3.05, 3.63) is 29.3 Å². The number of carbonyl (C=O) groups is 2. The molecule has 2 aliphatic rings. The SMILES string of the molecule is CS(=O)(=O)N1CCc2cc(C(=O)N3CCC(C(=O)O)CC3)ccc21. The van der Waals surface area contributed by atoms with Crippen molar-refractivity contribution in [3.8, 4) is 0 Å². The molecule has 0 spiro atoms. The number of sulfonamides is 1. The van der Waals surface area contributed by atoms with Gasteiger partial charge in [0, 0.05) is 25.2 Å². The van der Waals surface area contributed by atoms with E-state index in [4.69, 9.17) is 5.11 Å². The number of hydrogen-bond acceptors (Lipinski definition) is 4. The van der Waals surface area contributed by atoms with Gasteiger partial charge < -0.3 is 10.0 Å². The molecule has 0 saturated carbocycles. The summed E-state index contributed by atoms with van der Waals surface area (Å²) >= 11 is 0. The smallest absolute Gasteiger partial charge is 0.306 e. The molecular weight excluding hydrogens is 332 g/mol. The van der Waals surface area contributed by atoms with E-state index < -0.39 is 16.0 Å². The summed E-state index contributed by atoms with van der Waals surface area (Å²) in [5, 5.41) is 9.02. The van der Waals surface area contributed by atoms with Gasteiger partial charge in [-0.15, -0.1) is 0 Å². The van der Waals surface area contributed by atoms with Gasteiger partial charge >= 0.3 is 5.97 Å². The number of benzene rings is 1. The number of anilines is 1. The van der Waals surface area contributed by atoms with Crippen LogP contribution in [0.25, 0.3) is 0 Å². The molecule has 130 valence electrons. The van der Waals surface area contributed by atoms with Gasteiger partial charge in [0.05, 0.1) is 17.9 Å². The Balaban J connectivity index is 1.75. The molecule has 1 aromatic rings. The molecule has 1 saturated heterocycles. The number of rotatable bonds is 3. The van der Waals surface area contributed by atoms with E-state index in [0.29, 0.717) is 50.1 Å². The average molecular weight is 352 g/mol. The number of piperidine rings is 1. The number of carboxylic acid groups (broad SMARTS) is 1. The minimum absolute atomic E-state index is 0.126. The Labute approximate surface area is 140 Å². The number of carboxylic acids is 1. The van der Waals surface area contributed by atoms with Gasteiger partial charge in [-0.1, -0.05) is 0 Å². The van der Waals surface area contributed by atoms with E-state index in [1.807, 2.05) is 0 Å². The summed E-state index contributed by atoms with van der Waals surface area (Å²) in [7, 11) is -3.30. The lowest BCUT2D eigenvalue weighted by molar-refractivity contribution is -0.143. The van der Waals surface area contributed by atoms with E-state index in [1.165, 1.54) is 10.6 Å². The van der Waals surface area contributed by atoms with Crippen LogP contribution in [0, 0.1) is 5.92 Å². The van der Waals surface area contributed by atoms with Crippen molar-refractivity contribution in [2.75, 3.05) is 30.2 Å². The lowest BCUT2D eigenvalue weighted by Crippen LogP contribution is -2.40. The van der Waals surface area contributed by atoms with Gasteiger partial charge in [0.25, 0.3) is 5.91 Å². The summed E-state index contributed by atoms with van der Waals surface area (Å²) in [6.45, 7) is 1.26. The highest BCUT2D eigenvalue weighted by atomic mass is 32.2. The van der Waals surface area contributed by atoms with Crippen molar-refractivity contribution in [1.82, 2.24) is 4.90 Å². The third-order valence-electron chi connectivity index (χ3n) is 4.71. The lowest BCUT2D eigenvalue weighted by Gasteiger charge is -2.30. The molecule has 0 unspecified atom stereocenters. The summed E-state index contributed by atoms with van der Waals surface area (Å²) in [5.41, 5.74) is 2.02. The maximum atomic E-state index is 12.6. The standard InChI is InChI=1S/C16H20N2O5S/c1-24(22,23)18-9-6-12-10-13(2-3-14(12)18)15(19)17-7-4-11(5-8-17)16(20)21/h2-3,10-11H,4-9H2,1H3,(H,20,21). The molecular formula is C16H20N2O5S. The van der Waals surface area contributed by atoms with Crippen LogP contribution in [0.5, 0.6) is 0 Å². The molecule has 0 aliphatic carbocycles. The van der Waals surface area contributed by atoms with E-state index in [1.54, 1.807) is 23.1 Å². The number of nitrogens with zero attached hydrogens (tertiary/aromatic N) is 2. The molecule has 1 aromatic carbocycles. The highest BCUT2D eigenvalue weighted by molar-refractivity contribution is 7.92. The maximum Gasteiger partial charge on any atom is 0.306 e. The van der Waals surface area contributed by atoms with Gasteiger partial charge in [-0.05, 0) is 43.0 Å². The van der Waals surface area contributed by atoms with Crippen LogP contribution in [0.2, 0.25) is 0 Å². The molecule has 0 radical (unpaired) electrons. The van der Waals surface area contributed by atoms with E-state index in [0.717, 1.165) is 5.56 Å². The van der Waals surface area contributed by atoms with Crippen molar-refractivity contribution in [2.45, 2.75) is 19.3 Å². The number of fused-ring (bicyclic) bond motifs is 1. The molecule has 3 rings (SSSR count). The first-order chi connectivity index (χ1) is 11.3. The zero-order valence-corrected chi connectivity index (χ0v) is 14.3. The van der Waals surface area contributed by atoms with E-state index >= 15 is 0 Å². The Morgan fingerprint density at radius 2 is 1.83 bits per heavy atom. The minimum atomic E-state index is -3.30. The highest BCUT2D eigenvalue weighted by Crippen LogP contribution is 2.31. The second-order valence-corrected chi connectivity index (χ2v) is 8.24. The Bertz CT molecular complexity index is 782. The summed E-state index contributed by atoms with van der Waals surface area (Å²) in [6.07, 6.45) is 2.69. The molecule has 0 bridgehead atoms. The molecule has 1 amide bonds. The van der Waals surface area contributed by atoms with Crippen LogP contribution >= 0.6 is 0 Å². The fourth-order valence-corrected chi connectivity index (χ4v) is 4.32. The Morgan fingerprint density at radius 1 is 1.17 bits per heavy atom. The van der Waals surface area contributed by atoms with Crippen molar-refractivity contribution in [2.24, 2.45) is 5.92 Å². The van der Waals surface area contributed by atoms with Gasteiger partial charge in [0.15, 0.2) is 0 Å². The molecule has 1 fully saturated rings. The monoisotopic (exact) mass is 352 g/mol. The van der Waals surface area contributed by atoms with E-state index in [9.17, 15) is 18.0 Å². The molecule has 8 heteroatoms. The second kappa shape index (κ2) is 6.08. The van der Waals surface area contributed by atoms with Crippen molar-refractivity contribution >= 4 is 27.6 Å². The minimum Gasteiger partial charge on any atom is -0.481 e. The molecule has 0 aromatic heterocycles. The van der Waals surface area contributed by atoms with Gasteiger partial charge in [0.2, 0.25) is 10.0 Å². The van der Waals surface area contributed by atoms with Gasteiger partial charge in [-0.3, -0.25) is 13.9 Å². The predicted molar refractivity (Wildman–Crippen MR) is 88.6 cm³/mol. The molecule has 7 nitrogen and oxygen atoms in total. The normalized spacial score (nSPS) is 18.5. The van der Waals surface area contributed by atoms with Crippen LogP contribution < -0.4 is 4.31 Å². The largest absolute Gasteiger partial charge is 0.481 e. The van der Waals surface area contributed by atoms with E-state index in [-0.39, 0.29) is 11.8 Å². The maximum absolute atomic E-state index is 12.6. The van der Waals surface area contributed by atoms with Crippen molar-refractivity contribution in [1.29, 1.82) is 0 Å². The van der Waals surface area contributed by atoms with Gasteiger partial charge in [0.1, 0.15) is 0 Å². The Kier molecular flexibility index (Phi) is 4.25. The first-order valence-electron chi connectivity index (χ1n) is 7.90. The molecule has 2 heterocycles. The second-order valence-electron chi connectivity index (χ2n) is 6.33. The van der Waals surface area contributed by atoms with Crippen molar-refractivity contribution < 1.29 is 23.1 Å². The quantitative estimate of drug-likeness (QED) is 0.874. The fourth-order valence-electron chi connectivity index (χ4n) is 3.36. The third kappa shape index (κ3) is 3.10. The van der Waals surface area contributed by atoms with Crippen LogP contribution in [0.3, 0.4) is 0 Å². The van der Waals surface area contributed by atoms with Crippen LogP contribution in [0.1, 0.15) is 28.8 Å². The molecule has 0 atom stereocenters. The first kappa shape index (κ1) is 16.8. The summed E-state index contributed by atoms with van der Waals surface area (Å²) in [5.74, 6) is -1.31. The Hall–Kier alpha value is -2.09. The zero-order chi connectivity index (χ0) is 17.5. The van der Waals surface area contributed by atoms with Crippen LogP contribution in [-0.2, 0) is 21.2 Å². The summed E-state index contributed by atoms with van der Waals surface area (Å²) in [6, 6.07) is 5.08. The zero-order valence-electron chi connectivity index (χ0n) is 13.4. The number of aliphatic carboxylic acids is 1. The molecule has 2 aliphatic heterocycles. The number of amides is 1. The third-order valence-corrected chi connectivity index (χ3v) is 5.89. The van der Waals surface area contributed by atoms with Gasteiger partial charge in [-0.2, -0.15) is 0 Å². The Morgan fingerprint density at radius 3 is 2.42 bits per heavy atom. The number of hydrogen-bond donors (Lipinski definition) is 1. The lowest BCUT2D eigenvalue weighted by atomic mass is 9.96. The predicted octanol–water partition coefficient (Wildman–Crippen LogP) is 0.946. The van der Waals surface area contributed by atoms with Crippen LogP contribution in [-0.4, -0.2) is 56.2 Å². The molecule has 1 N–H and O–H groups in total. The number of likely N-dealkylation sites (tertiary alicyclic amines) is 1. The van der Waals surface area contributed by atoms with Crippen LogP contribution in [0.4, 0.5) is 5.69 Å². The van der Waals surface area contributed by atoms with Gasteiger partial charge in [-0.25, -0.2) is 8.42 Å². The summed E-state index contributed by atoms with van der Waals surface area (Å²) in [4.78, 5) is 25.3. The van der Waals surface area contributed by atoms with Crippen LogP contribution in [0.15, 0.2) is 18.2 Å². The fraction of sp³-hybridized carbons (Fsp3) is 0.500. The van der Waals surface area contributed by atoms with E-state index in [2.05, 4.69) is 0 Å². The summed E-state index contributed by atoms with van der Waals surface area (Å²) < 4.78 is 24.9. The highest BCUT2D eigenvalue weighted by Gasteiger charge is 2.30. The molecule has 24 heavy (non-hydrogen) atoms.